The summed E-state index contributed by atoms with van der Waals surface area (Å²) in [4.78, 5) is 0. The molecule has 25 heavy (non-hydrogen) atoms. The van der Waals surface area contributed by atoms with Gasteiger partial charge in [0, 0.05) is 29.5 Å². The average molecular weight is 410 g/mol. The molecule has 0 aromatic heterocycles. The first kappa shape index (κ1) is 17.5. The molecule has 1 N–H and O–H groups in total. The number of ether oxygens (including phenoxy) is 1. The summed E-state index contributed by atoms with van der Waals surface area (Å²) in [6, 6.07) is 5.69. The van der Waals surface area contributed by atoms with E-state index in [2.05, 4.69) is 21.2 Å². The van der Waals surface area contributed by atoms with Gasteiger partial charge in [-0.25, -0.2) is 4.39 Å². The van der Waals surface area contributed by atoms with Crippen molar-refractivity contribution in [3.8, 4) is 5.75 Å². The Kier molecular flexibility index (Phi) is 3.89. The number of rotatable bonds is 1. The molecule has 0 bridgehead atoms. The quantitative estimate of drug-likeness (QED) is 0.714. The zero-order valence-corrected chi connectivity index (χ0v) is 16.5. The molecule has 7 heteroatoms. The van der Waals surface area contributed by atoms with E-state index < -0.39 is 18.3 Å². The van der Waals surface area contributed by atoms with Crippen LogP contribution >= 0.6 is 15.9 Å². The van der Waals surface area contributed by atoms with Crippen molar-refractivity contribution in [2.24, 2.45) is 0 Å². The predicted octanol–water partition coefficient (Wildman–Crippen LogP) is 3.89. The van der Waals surface area contributed by atoms with Gasteiger partial charge >= 0.3 is 7.12 Å². The standard InChI is InChI=1S/C18H22BBrFNO3/c1-16(2)17(3,4)25-19(24-16)15(21)13-8-18(9-22-10-18)23-14-6-5-11(20)7-12(13)14/h5-7,22H,8-10H2,1-4H3. The Hall–Kier alpha value is -0.885. The maximum atomic E-state index is 15.5. The van der Waals surface area contributed by atoms with E-state index in [-0.39, 0.29) is 11.3 Å². The van der Waals surface area contributed by atoms with Crippen LogP contribution in [-0.2, 0) is 9.31 Å². The largest absolute Gasteiger partial charge is 0.525 e. The highest BCUT2D eigenvalue weighted by atomic mass is 79.9. The number of hydrogen-bond acceptors (Lipinski definition) is 4. The molecular weight excluding hydrogens is 388 g/mol. The van der Waals surface area contributed by atoms with Crippen LogP contribution in [0.15, 0.2) is 28.4 Å². The second kappa shape index (κ2) is 5.55. The summed E-state index contributed by atoms with van der Waals surface area (Å²) in [5.74, 6) is 0.706. The Morgan fingerprint density at radius 1 is 1.16 bits per heavy atom. The van der Waals surface area contributed by atoms with Gasteiger partial charge in [-0.15, -0.1) is 0 Å². The lowest BCUT2D eigenvalue weighted by Gasteiger charge is -2.46. The van der Waals surface area contributed by atoms with Gasteiger partial charge in [0.25, 0.3) is 0 Å². The monoisotopic (exact) mass is 409 g/mol. The van der Waals surface area contributed by atoms with Crippen molar-refractivity contribution in [1.82, 2.24) is 5.32 Å². The highest BCUT2D eigenvalue weighted by Crippen LogP contribution is 2.47. The van der Waals surface area contributed by atoms with Gasteiger partial charge in [0.1, 0.15) is 17.1 Å². The van der Waals surface area contributed by atoms with Gasteiger partial charge in [-0.05, 0) is 51.5 Å². The molecule has 3 aliphatic heterocycles. The molecule has 0 aliphatic carbocycles. The third kappa shape index (κ3) is 2.76. The third-order valence-electron chi connectivity index (χ3n) is 5.73. The molecule has 0 amide bonds. The molecule has 0 saturated carbocycles. The lowest BCUT2D eigenvalue weighted by Crippen LogP contribution is -2.64. The lowest BCUT2D eigenvalue weighted by molar-refractivity contribution is 0.00578. The van der Waals surface area contributed by atoms with E-state index in [0.717, 1.165) is 10.0 Å². The normalized spacial score (nSPS) is 27.5. The third-order valence-corrected chi connectivity index (χ3v) is 6.23. The summed E-state index contributed by atoms with van der Waals surface area (Å²) in [6.45, 7) is 9.13. The summed E-state index contributed by atoms with van der Waals surface area (Å²) < 4.78 is 34.4. The topological polar surface area (TPSA) is 39.7 Å². The molecule has 134 valence electrons. The van der Waals surface area contributed by atoms with E-state index in [1.807, 2.05) is 45.9 Å². The zero-order chi connectivity index (χ0) is 18.0. The first-order valence-corrected chi connectivity index (χ1v) is 9.36. The van der Waals surface area contributed by atoms with Gasteiger partial charge in [-0.2, -0.15) is 0 Å². The Morgan fingerprint density at radius 2 is 1.80 bits per heavy atom. The van der Waals surface area contributed by atoms with Crippen LogP contribution in [0.4, 0.5) is 4.39 Å². The van der Waals surface area contributed by atoms with Gasteiger partial charge in [-0.3, -0.25) is 0 Å². The van der Waals surface area contributed by atoms with Crippen molar-refractivity contribution < 1.29 is 18.4 Å². The highest BCUT2D eigenvalue weighted by molar-refractivity contribution is 9.10. The minimum absolute atomic E-state index is 0.354. The van der Waals surface area contributed by atoms with E-state index in [1.54, 1.807) is 0 Å². The Morgan fingerprint density at radius 3 is 2.36 bits per heavy atom. The molecule has 4 rings (SSSR count). The fourth-order valence-electron chi connectivity index (χ4n) is 3.42. The number of hydrogen-bond donors (Lipinski definition) is 1. The molecule has 0 unspecified atom stereocenters. The molecule has 1 aromatic rings. The summed E-state index contributed by atoms with van der Waals surface area (Å²) in [5.41, 5.74) is -0.501. The fraction of sp³-hybridized carbons (Fsp3) is 0.556. The molecule has 2 fully saturated rings. The van der Waals surface area contributed by atoms with Crippen molar-refractivity contribution in [3.05, 3.63) is 34.0 Å². The first-order valence-electron chi connectivity index (χ1n) is 8.56. The molecule has 1 aromatic carbocycles. The second-order valence-electron chi connectivity index (χ2n) is 8.12. The number of nitrogens with one attached hydrogen (secondary N) is 1. The van der Waals surface area contributed by atoms with E-state index in [1.165, 1.54) is 0 Å². The molecule has 1 spiro atoms. The lowest BCUT2D eigenvalue weighted by atomic mass is 9.76. The van der Waals surface area contributed by atoms with Crippen LogP contribution < -0.4 is 10.1 Å². The van der Waals surface area contributed by atoms with Crippen LogP contribution in [0.1, 0.15) is 39.7 Å². The molecule has 0 radical (unpaired) electrons. The van der Waals surface area contributed by atoms with Gasteiger partial charge in [0.15, 0.2) is 0 Å². The molecule has 2 saturated heterocycles. The summed E-state index contributed by atoms with van der Waals surface area (Å²) in [7, 11) is -0.991. The Labute approximate surface area is 156 Å². The first-order chi connectivity index (χ1) is 11.6. The van der Waals surface area contributed by atoms with Gasteiger partial charge in [0.05, 0.1) is 11.2 Å². The SMILES string of the molecule is CC1(C)OB(C(F)=C2CC3(CNC3)Oc3ccc(Br)cc32)OC1(C)C. The van der Waals surface area contributed by atoms with Gasteiger partial charge in [-0.1, -0.05) is 15.9 Å². The van der Waals surface area contributed by atoms with Crippen LogP contribution in [0.5, 0.6) is 5.75 Å². The maximum Gasteiger partial charge on any atom is 0.525 e. The summed E-state index contributed by atoms with van der Waals surface area (Å²) in [5, 5.41) is 3.23. The zero-order valence-electron chi connectivity index (χ0n) is 14.9. The molecule has 0 atom stereocenters. The number of fused-ring (bicyclic) bond motifs is 1. The second-order valence-corrected chi connectivity index (χ2v) is 9.04. The van der Waals surface area contributed by atoms with Crippen LogP contribution in [0.3, 0.4) is 0 Å². The predicted molar refractivity (Wildman–Crippen MR) is 99.1 cm³/mol. The van der Waals surface area contributed by atoms with Crippen molar-refractivity contribution in [2.75, 3.05) is 13.1 Å². The van der Waals surface area contributed by atoms with Gasteiger partial charge < -0.3 is 19.4 Å². The van der Waals surface area contributed by atoms with Crippen LogP contribution in [0.25, 0.3) is 5.57 Å². The molecule has 4 nitrogen and oxygen atoms in total. The highest BCUT2D eigenvalue weighted by Gasteiger charge is 2.55. The van der Waals surface area contributed by atoms with Crippen LogP contribution in [0, 0.1) is 0 Å². The summed E-state index contributed by atoms with van der Waals surface area (Å²) in [6.07, 6.45) is 0.499. The molecule has 3 aliphatic rings. The van der Waals surface area contributed by atoms with Crippen molar-refractivity contribution in [1.29, 1.82) is 0 Å². The van der Waals surface area contributed by atoms with E-state index in [9.17, 15) is 0 Å². The molecule has 3 heterocycles. The van der Waals surface area contributed by atoms with E-state index in [0.29, 0.717) is 30.8 Å². The average Bonchev–Trinajstić information content (AvgIpc) is 2.72. The van der Waals surface area contributed by atoms with Crippen LogP contribution in [0.2, 0.25) is 0 Å². The maximum absolute atomic E-state index is 15.5. The van der Waals surface area contributed by atoms with Crippen molar-refractivity contribution >= 4 is 28.6 Å². The Bertz CT molecular complexity index is 745. The van der Waals surface area contributed by atoms with Crippen LogP contribution in [-0.4, -0.2) is 37.0 Å². The Balaban J connectivity index is 1.78. The fourth-order valence-corrected chi connectivity index (χ4v) is 3.78. The van der Waals surface area contributed by atoms with Crippen molar-refractivity contribution in [3.63, 3.8) is 0 Å². The van der Waals surface area contributed by atoms with Gasteiger partial charge in [0.2, 0.25) is 0 Å². The number of benzene rings is 1. The van der Waals surface area contributed by atoms with Crippen molar-refractivity contribution in [2.45, 2.75) is 50.9 Å². The smallest absolute Gasteiger partial charge is 0.484 e. The number of halogens is 2. The molecular formula is C18H22BBrFNO3. The minimum atomic E-state index is -0.991. The van der Waals surface area contributed by atoms with E-state index >= 15 is 4.39 Å². The minimum Gasteiger partial charge on any atom is -0.484 e. The summed E-state index contributed by atoms with van der Waals surface area (Å²) >= 11 is 3.47. The van der Waals surface area contributed by atoms with E-state index in [4.69, 9.17) is 14.0 Å².